The van der Waals surface area contributed by atoms with Crippen LogP contribution in [0.4, 0.5) is 0 Å². The van der Waals surface area contributed by atoms with Crippen LogP contribution in [0.2, 0.25) is 0 Å². The molecule has 0 aliphatic rings. The van der Waals surface area contributed by atoms with Crippen LogP contribution in [-0.2, 0) is 6.54 Å². The highest BCUT2D eigenvalue weighted by Crippen LogP contribution is 2.29. The summed E-state index contributed by atoms with van der Waals surface area (Å²) in [7, 11) is 1.72. The summed E-state index contributed by atoms with van der Waals surface area (Å²) in [4.78, 5) is 5.20. The Labute approximate surface area is 173 Å². The van der Waals surface area contributed by atoms with Gasteiger partial charge in [0, 0.05) is 42.1 Å². The maximum atomic E-state index is 10.5. The third-order valence-electron chi connectivity index (χ3n) is 4.60. The molecular weight excluding hydrogens is 382 g/mol. The Morgan fingerprint density at radius 1 is 1.14 bits per heavy atom. The molecule has 1 atom stereocenters. The summed E-state index contributed by atoms with van der Waals surface area (Å²) in [6.45, 7) is 1.01. The lowest BCUT2D eigenvalue weighted by Gasteiger charge is -2.15. The van der Waals surface area contributed by atoms with Gasteiger partial charge >= 0.3 is 0 Å². The third-order valence-corrected chi connectivity index (χ3v) is 5.82. The molecule has 0 spiro atoms. The molecule has 148 valence electrons. The number of hydrogen-bond acceptors (Lipinski definition) is 4. The molecule has 3 N–H and O–H groups in total. The second kappa shape index (κ2) is 8.89. The lowest BCUT2D eigenvalue weighted by Crippen LogP contribution is -2.38. The quantitative estimate of drug-likeness (QED) is 0.339. The zero-order valence-electron chi connectivity index (χ0n) is 16.1. The summed E-state index contributed by atoms with van der Waals surface area (Å²) in [5.74, 6) is 0.648. The SMILES string of the molecule is CN=C(NCc1cccc(-n2cccn2)c1)NCC(O)c1cc2ccccc2s1. The van der Waals surface area contributed by atoms with Crippen LogP contribution in [0.15, 0.2) is 78.0 Å². The Morgan fingerprint density at radius 2 is 2.03 bits per heavy atom. The van der Waals surface area contributed by atoms with Gasteiger partial charge in [-0.2, -0.15) is 5.10 Å². The number of fused-ring (bicyclic) bond motifs is 1. The van der Waals surface area contributed by atoms with Gasteiger partial charge in [0.2, 0.25) is 0 Å². The maximum absolute atomic E-state index is 10.5. The monoisotopic (exact) mass is 405 g/mol. The summed E-state index contributed by atoms with van der Waals surface area (Å²) in [5, 5.41) is 22.5. The number of nitrogens with one attached hydrogen (secondary N) is 2. The average Bonchev–Trinajstić information content (AvgIpc) is 3.44. The number of benzene rings is 2. The average molecular weight is 406 g/mol. The Bertz CT molecular complexity index is 1070. The molecule has 2 heterocycles. The van der Waals surface area contributed by atoms with Crippen molar-refractivity contribution in [2.75, 3.05) is 13.6 Å². The predicted octanol–water partition coefficient (Wildman–Crippen LogP) is 3.49. The molecular formula is C22H23N5OS. The number of aliphatic imine (C=N–C) groups is 1. The predicted molar refractivity (Wildman–Crippen MR) is 119 cm³/mol. The first-order valence-electron chi connectivity index (χ1n) is 9.43. The van der Waals surface area contributed by atoms with E-state index in [0.717, 1.165) is 21.5 Å². The van der Waals surface area contributed by atoms with Crippen molar-refractivity contribution in [3.63, 3.8) is 0 Å². The van der Waals surface area contributed by atoms with Crippen molar-refractivity contribution in [2.24, 2.45) is 4.99 Å². The topological polar surface area (TPSA) is 74.5 Å². The zero-order chi connectivity index (χ0) is 20.1. The van der Waals surface area contributed by atoms with Crippen LogP contribution < -0.4 is 10.6 Å². The summed E-state index contributed by atoms with van der Waals surface area (Å²) in [6, 6.07) is 20.3. The molecule has 0 aliphatic heterocycles. The molecule has 4 aromatic rings. The van der Waals surface area contributed by atoms with Gasteiger partial charge in [0.15, 0.2) is 5.96 Å². The second-order valence-corrected chi connectivity index (χ2v) is 7.74. The van der Waals surface area contributed by atoms with Crippen LogP contribution >= 0.6 is 11.3 Å². The fraction of sp³-hybridized carbons (Fsp3) is 0.182. The molecule has 0 amide bonds. The molecule has 29 heavy (non-hydrogen) atoms. The number of rotatable bonds is 6. The van der Waals surface area contributed by atoms with Crippen molar-refractivity contribution >= 4 is 27.4 Å². The number of hydrogen-bond donors (Lipinski definition) is 3. The van der Waals surface area contributed by atoms with Gasteiger partial charge in [0.05, 0.1) is 5.69 Å². The highest BCUT2D eigenvalue weighted by molar-refractivity contribution is 7.19. The summed E-state index contributed by atoms with van der Waals surface area (Å²) in [5.41, 5.74) is 2.13. The molecule has 0 radical (unpaired) electrons. The van der Waals surface area contributed by atoms with Gasteiger partial charge in [-0.3, -0.25) is 4.99 Å². The molecule has 0 saturated carbocycles. The molecule has 0 bridgehead atoms. The van der Waals surface area contributed by atoms with E-state index in [4.69, 9.17) is 0 Å². The Morgan fingerprint density at radius 3 is 2.83 bits per heavy atom. The zero-order valence-corrected chi connectivity index (χ0v) is 16.9. The van der Waals surface area contributed by atoms with E-state index in [0.29, 0.717) is 19.0 Å². The maximum Gasteiger partial charge on any atom is 0.191 e. The standard InChI is InChI=1S/C22H23N5OS/c1-23-22(24-14-16-6-4-8-18(12-16)27-11-5-10-26-27)25-15-19(28)21-13-17-7-2-3-9-20(17)29-21/h2-13,19,28H,14-15H2,1H3,(H2,23,24,25). The van der Waals surface area contributed by atoms with E-state index in [2.05, 4.69) is 45.0 Å². The van der Waals surface area contributed by atoms with Crippen LogP contribution in [0.3, 0.4) is 0 Å². The summed E-state index contributed by atoms with van der Waals surface area (Å²) in [6.07, 6.45) is 3.09. The van der Waals surface area contributed by atoms with Crippen LogP contribution in [0.5, 0.6) is 0 Å². The summed E-state index contributed by atoms with van der Waals surface area (Å²) >= 11 is 1.62. The Kier molecular flexibility index (Phi) is 5.88. The van der Waals surface area contributed by atoms with Crippen LogP contribution in [-0.4, -0.2) is 34.4 Å². The molecule has 7 heteroatoms. The molecule has 0 fully saturated rings. The minimum Gasteiger partial charge on any atom is -0.386 e. The largest absolute Gasteiger partial charge is 0.386 e. The van der Waals surface area contributed by atoms with Gasteiger partial charge in [-0.15, -0.1) is 11.3 Å². The molecule has 2 aromatic heterocycles. The van der Waals surface area contributed by atoms with Gasteiger partial charge in [0.25, 0.3) is 0 Å². The van der Waals surface area contributed by atoms with Gasteiger partial charge in [-0.05, 0) is 41.3 Å². The molecule has 4 rings (SSSR count). The highest BCUT2D eigenvalue weighted by Gasteiger charge is 2.12. The van der Waals surface area contributed by atoms with Crippen molar-refractivity contribution in [1.29, 1.82) is 0 Å². The van der Waals surface area contributed by atoms with E-state index >= 15 is 0 Å². The van der Waals surface area contributed by atoms with Crippen molar-refractivity contribution in [3.05, 3.63) is 83.5 Å². The van der Waals surface area contributed by atoms with Gasteiger partial charge < -0.3 is 15.7 Å². The van der Waals surface area contributed by atoms with Crippen LogP contribution in [0.25, 0.3) is 15.8 Å². The minimum absolute atomic E-state index is 0.389. The number of aliphatic hydroxyl groups is 1. The van der Waals surface area contributed by atoms with Crippen molar-refractivity contribution in [2.45, 2.75) is 12.6 Å². The normalized spacial score (nSPS) is 12.8. The van der Waals surface area contributed by atoms with E-state index in [9.17, 15) is 5.11 Å². The Hall–Kier alpha value is -3.16. The van der Waals surface area contributed by atoms with Crippen molar-refractivity contribution in [1.82, 2.24) is 20.4 Å². The summed E-state index contributed by atoms with van der Waals surface area (Å²) < 4.78 is 3.01. The molecule has 0 aliphatic carbocycles. The number of nitrogens with zero attached hydrogens (tertiary/aromatic N) is 3. The number of aromatic nitrogens is 2. The molecule has 2 aromatic carbocycles. The first-order chi connectivity index (χ1) is 14.2. The smallest absolute Gasteiger partial charge is 0.191 e. The fourth-order valence-corrected chi connectivity index (χ4v) is 4.15. The van der Waals surface area contributed by atoms with Crippen molar-refractivity contribution in [3.8, 4) is 5.69 Å². The first-order valence-corrected chi connectivity index (χ1v) is 10.2. The first kappa shape index (κ1) is 19.2. The van der Waals surface area contributed by atoms with Crippen LogP contribution in [0.1, 0.15) is 16.5 Å². The minimum atomic E-state index is -0.589. The van der Waals surface area contributed by atoms with E-state index in [1.54, 1.807) is 24.6 Å². The lowest BCUT2D eigenvalue weighted by molar-refractivity contribution is 0.184. The van der Waals surface area contributed by atoms with E-state index in [1.807, 2.05) is 47.3 Å². The third kappa shape index (κ3) is 4.64. The van der Waals surface area contributed by atoms with Gasteiger partial charge in [-0.1, -0.05) is 30.3 Å². The Balaban J connectivity index is 1.33. The highest BCUT2D eigenvalue weighted by atomic mass is 32.1. The van der Waals surface area contributed by atoms with Gasteiger partial charge in [-0.25, -0.2) is 4.68 Å². The fourth-order valence-electron chi connectivity index (χ4n) is 3.10. The molecule has 0 saturated heterocycles. The molecule has 1 unspecified atom stereocenters. The lowest BCUT2D eigenvalue weighted by atomic mass is 10.2. The van der Waals surface area contributed by atoms with Crippen LogP contribution in [0, 0.1) is 0 Å². The molecule has 6 nitrogen and oxygen atoms in total. The second-order valence-electron chi connectivity index (χ2n) is 6.63. The van der Waals surface area contributed by atoms with Gasteiger partial charge in [0.1, 0.15) is 6.10 Å². The number of guanidine groups is 1. The number of aliphatic hydroxyl groups excluding tert-OH is 1. The van der Waals surface area contributed by atoms with E-state index in [1.165, 1.54) is 4.70 Å². The number of thiophene rings is 1. The van der Waals surface area contributed by atoms with E-state index in [-0.39, 0.29) is 0 Å². The van der Waals surface area contributed by atoms with Crippen molar-refractivity contribution < 1.29 is 5.11 Å². The van der Waals surface area contributed by atoms with E-state index < -0.39 is 6.10 Å².